The van der Waals surface area contributed by atoms with Crippen LogP contribution in [0.1, 0.15) is 26.2 Å². The lowest BCUT2D eigenvalue weighted by Crippen LogP contribution is -3.00. The molecule has 0 heterocycles. The highest BCUT2D eigenvalue weighted by Crippen LogP contribution is 1.99. The molecule has 0 aromatic heterocycles. The van der Waals surface area contributed by atoms with E-state index in [9.17, 15) is 4.79 Å². The topological polar surface area (TPSA) is 53.9 Å². The number of carboxylic acid groups (broad SMARTS) is 1. The van der Waals surface area contributed by atoms with Gasteiger partial charge in [-0.3, -0.25) is 4.79 Å². The molecule has 0 aromatic rings. The Balaban J connectivity index is 0. The lowest BCUT2D eigenvalue weighted by molar-refractivity contribution is -0.692. The Bertz CT molecular complexity index is 209. The minimum absolute atomic E-state index is 0. The van der Waals surface area contributed by atoms with Crippen molar-refractivity contribution in [2.24, 2.45) is 5.92 Å². The summed E-state index contributed by atoms with van der Waals surface area (Å²) in [4.78, 5) is 10.5. The van der Waals surface area contributed by atoms with Crippen LogP contribution in [0.4, 0.5) is 0 Å². The van der Waals surface area contributed by atoms with E-state index in [0.29, 0.717) is 6.04 Å². The van der Waals surface area contributed by atoms with Crippen molar-refractivity contribution in [1.29, 1.82) is 0 Å². The molecule has 0 aliphatic carbocycles. The second-order valence-electron chi connectivity index (χ2n) is 3.98. The van der Waals surface area contributed by atoms with E-state index in [4.69, 9.17) is 5.11 Å². The molecule has 1 atom stereocenters. The van der Waals surface area contributed by atoms with E-state index in [0.717, 1.165) is 19.4 Å². The normalized spacial score (nSPS) is 11.6. The summed E-state index contributed by atoms with van der Waals surface area (Å²) in [6.45, 7) is 10.2. The molecule has 94 valence electrons. The van der Waals surface area contributed by atoms with E-state index in [1.54, 1.807) is 0 Å². The van der Waals surface area contributed by atoms with E-state index in [1.165, 1.54) is 0 Å². The minimum Gasteiger partial charge on any atom is -1.00 e. The Labute approximate surface area is 104 Å². The number of rotatable bonds is 9. The maximum atomic E-state index is 10.5. The van der Waals surface area contributed by atoms with Gasteiger partial charge in [0, 0.05) is 18.8 Å². The molecule has 0 spiro atoms. The highest BCUT2D eigenvalue weighted by Gasteiger charge is 2.13. The first-order valence-corrected chi connectivity index (χ1v) is 5.37. The maximum absolute atomic E-state index is 10.5. The first kappa shape index (κ1) is 17.6. The van der Waals surface area contributed by atoms with Crippen molar-refractivity contribution in [3.05, 3.63) is 25.3 Å². The van der Waals surface area contributed by atoms with Crippen LogP contribution in [0.15, 0.2) is 25.3 Å². The summed E-state index contributed by atoms with van der Waals surface area (Å²) in [5.74, 6) is -0.514. The first-order valence-electron chi connectivity index (χ1n) is 5.37. The number of aliphatic carboxylic acids is 1. The van der Waals surface area contributed by atoms with Gasteiger partial charge in [0.1, 0.15) is 0 Å². The Morgan fingerprint density at radius 3 is 2.25 bits per heavy atom. The third kappa shape index (κ3) is 9.74. The SMILES string of the molecule is C=CCC(CC=C)[NH2+]CC(C)CC(=O)O.[Cl-]. The molecule has 0 fully saturated rings. The van der Waals surface area contributed by atoms with E-state index in [1.807, 2.05) is 19.1 Å². The Morgan fingerprint density at radius 1 is 1.38 bits per heavy atom. The Hall–Kier alpha value is -0.800. The minimum atomic E-state index is -0.722. The standard InChI is InChI=1S/C12H21NO2.ClH/c1-4-6-11(7-5-2)13-9-10(3)8-12(14)15;/h4-5,10-11,13H,1-2,6-9H2,3H3,(H,14,15);1H. The van der Waals surface area contributed by atoms with Crippen LogP contribution in [0, 0.1) is 5.92 Å². The zero-order chi connectivity index (χ0) is 11.7. The van der Waals surface area contributed by atoms with Crippen LogP contribution < -0.4 is 17.7 Å². The predicted octanol–water partition coefficient (Wildman–Crippen LogP) is -1.81. The van der Waals surface area contributed by atoms with Crippen LogP contribution >= 0.6 is 0 Å². The smallest absolute Gasteiger partial charge is 0.303 e. The molecule has 0 amide bonds. The van der Waals surface area contributed by atoms with E-state index < -0.39 is 5.97 Å². The van der Waals surface area contributed by atoms with Crippen LogP contribution in [0.2, 0.25) is 0 Å². The second kappa shape index (κ2) is 10.7. The molecule has 0 rings (SSSR count). The van der Waals surface area contributed by atoms with Crippen LogP contribution in [0.5, 0.6) is 0 Å². The molecule has 0 aliphatic heterocycles. The molecule has 3 nitrogen and oxygen atoms in total. The number of quaternary nitrogens is 1. The van der Waals surface area contributed by atoms with Gasteiger partial charge in [0.15, 0.2) is 0 Å². The van der Waals surface area contributed by atoms with E-state index >= 15 is 0 Å². The molecule has 0 saturated heterocycles. The summed E-state index contributed by atoms with van der Waals surface area (Å²) in [6.07, 6.45) is 5.90. The van der Waals surface area contributed by atoms with Gasteiger partial charge in [0.05, 0.1) is 19.0 Å². The molecule has 0 aliphatic rings. The van der Waals surface area contributed by atoms with Crippen molar-refractivity contribution in [1.82, 2.24) is 0 Å². The summed E-state index contributed by atoms with van der Waals surface area (Å²) in [7, 11) is 0. The molecular weight excluding hydrogens is 226 g/mol. The third-order valence-corrected chi connectivity index (χ3v) is 2.33. The zero-order valence-corrected chi connectivity index (χ0v) is 10.6. The number of carboxylic acids is 1. The Morgan fingerprint density at radius 2 is 1.88 bits per heavy atom. The van der Waals surface area contributed by atoms with Gasteiger partial charge in [-0.1, -0.05) is 19.1 Å². The van der Waals surface area contributed by atoms with Crippen LogP contribution in [0.25, 0.3) is 0 Å². The molecule has 3 N–H and O–H groups in total. The van der Waals surface area contributed by atoms with Gasteiger partial charge in [0.25, 0.3) is 0 Å². The van der Waals surface area contributed by atoms with Gasteiger partial charge in [0.2, 0.25) is 0 Å². The molecule has 0 bridgehead atoms. The van der Waals surface area contributed by atoms with Gasteiger partial charge in [-0.25, -0.2) is 0 Å². The average molecular weight is 248 g/mol. The van der Waals surface area contributed by atoms with Crippen LogP contribution in [-0.4, -0.2) is 23.7 Å². The van der Waals surface area contributed by atoms with Crippen molar-refractivity contribution >= 4 is 5.97 Å². The lowest BCUT2D eigenvalue weighted by atomic mass is 10.1. The van der Waals surface area contributed by atoms with E-state index in [-0.39, 0.29) is 24.7 Å². The highest BCUT2D eigenvalue weighted by atomic mass is 35.5. The van der Waals surface area contributed by atoms with E-state index in [2.05, 4.69) is 18.5 Å². The second-order valence-corrected chi connectivity index (χ2v) is 3.98. The van der Waals surface area contributed by atoms with Crippen molar-refractivity contribution in [2.75, 3.05) is 6.54 Å². The lowest BCUT2D eigenvalue weighted by Gasteiger charge is -2.14. The summed E-state index contributed by atoms with van der Waals surface area (Å²) in [5.41, 5.74) is 0. The summed E-state index contributed by atoms with van der Waals surface area (Å²) < 4.78 is 0. The van der Waals surface area contributed by atoms with Gasteiger partial charge in [-0.15, -0.1) is 13.2 Å². The summed E-state index contributed by atoms with van der Waals surface area (Å²) in [5, 5.41) is 10.8. The molecule has 0 radical (unpaired) electrons. The summed E-state index contributed by atoms with van der Waals surface area (Å²) >= 11 is 0. The van der Waals surface area contributed by atoms with Crippen molar-refractivity contribution in [3.63, 3.8) is 0 Å². The fourth-order valence-corrected chi connectivity index (χ4v) is 1.52. The summed E-state index contributed by atoms with van der Waals surface area (Å²) in [6, 6.07) is 0.455. The zero-order valence-electron chi connectivity index (χ0n) is 9.86. The monoisotopic (exact) mass is 247 g/mol. The fraction of sp³-hybridized carbons (Fsp3) is 0.583. The molecule has 0 aromatic carbocycles. The van der Waals surface area contributed by atoms with Crippen LogP contribution in [-0.2, 0) is 4.79 Å². The number of carbonyl (C=O) groups is 1. The Kier molecular flexibility index (Phi) is 11.8. The molecular formula is C12H22ClNO2. The number of hydrogen-bond donors (Lipinski definition) is 2. The van der Waals surface area contributed by atoms with Gasteiger partial charge in [-0.05, 0) is 0 Å². The molecule has 0 saturated carbocycles. The van der Waals surface area contributed by atoms with Gasteiger partial charge >= 0.3 is 5.97 Å². The largest absolute Gasteiger partial charge is 1.00 e. The quantitative estimate of drug-likeness (QED) is 0.472. The first-order chi connectivity index (χ1) is 7.10. The molecule has 16 heavy (non-hydrogen) atoms. The predicted molar refractivity (Wildman–Crippen MR) is 61.6 cm³/mol. The van der Waals surface area contributed by atoms with Crippen molar-refractivity contribution in [2.45, 2.75) is 32.2 Å². The third-order valence-electron chi connectivity index (χ3n) is 2.33. The number of nitrogens with two attached hydrogens (primary N) is 1. The fourth-order valence-electron chi connectivity index (χ4n) is 1.52. The van der Waals surface area contributed by atoms with Crippen molar-refractivity contribution < 1.29 is 27.6 Å². The van der Waals surface area contributed by atoms with Crippen LogP contribution in [0.3, 0.4) is 0 Å². The van der Waals surface area contributed by atoms with Crippen molar-refractivity contribution in [3.8, 4) is 0 Å². The molecule has 4 heteroatoms. The maximum Gasteiger partial charge on any atom is 0.303 e. The highest BCUT2D eigenvalue weighted by molar-refractivity contribution is 5.66. The van der Waals surface area contributed by atoms with Gasteiger partial charge in [-0.2, -0.15) is 0 Å². The van der Waals surface area contributed by atoms with Gasteiger partial charge < -0.3 is 22.8 Å². The number of hydrogen-bond acceptors (Lipinski definition) is 1. The molecule has 1 unspecified atom stereocenters. The number of halogens is 1. The average Bonchev–Trinajstić information content (AvgIpc) is 2.14.